The molecule has 0 amide bonds. The van der Waals surface area contributed by atoms with Crippen LogP contribution in [0.3, 0.4) is 0 Å². The second-order valence-electron chi connectivity index (χ2n) is 4.57. The Hall–Kier alpha value is -0.280. The van der Waals surface area contributed by atoms with Gasteiger partial charge in [0.05, 0.1) is 12.5 Å². The first kappa shape index (κ1) is 13.2. The van der Waals surface area contributed by atoms with Crippen LogP contribution in [0.25, 0.3) is 0 Å². The Labute approximate surface area is 116 Å². The van der Waals surface area contributed by atoms with Crippen molar-refractivity contribution in [3.05, 3.63) is 22.3 Å². The lowest BCUT2D eigenvalue weighted by atomic mass is 9.90. The molecule has 0 spiro atoms. The third-order valence-corrected chi connectivity index (χ3v) is 3.94. The summed E-state index contributed by atoms with van der Waals surface area (Å²) in [6, 6.07) is 1.97. The molecule has 0 aliphatic heterocycles. The Balaban J connectivity index is 1.93. The van der Waals surface area contributed by atoms with Crippen LogP contribution in [-0.2, 0) is 5.88 Å². The van der Waals surface area contributed by atoms with E-state index in [0.29, 0.717) is 17.7 Å². The summed E-state index contributed by atoms with van der Waals surface area (Å²) in [7, 11) is 0. The first-order valence-corrected chi connectivity index (χ1v) is 7.45. The lowest BCUT2D eigenvalue weighted by Crippen LogP contribution is -2.16. The number of hydrogen-bond acceptors (Lipinski definition) is 2. The molecule has 1 aromatic heterocycles. The quantitative estimate of drug-likeness (QED) is 0.760. The van der Waals surface area contributed by atoms with E-state index in [9.17, 15) is 0 Å². The molecule has 1 saturated carbocycles. The first-order valence-electron chi connectivity index (χ1n) is 6.13. The largest absolute Gasteiger partial charge is 0.477 e. The van der Waals surface area contributed by atoms with E-state index in [1.807, 2.05) is 6.07 Å². The van der Waals surface area contributed by atoms with Crippen molar-refractivity contribution in [3.63, 3.8) is 0 Å². The second-order valence-corrected chi connectivity index (χ2v) is 5.75. The molecule has 2 nitrogen and oxygen atoms in total. The Morgan fingerprint density at radius 2 is 2.12 bits per heavy atom. The Bertz CT molecular complexity index is 366. The summed E-state index contributed by atoms with van der Waals surface area (Å²) in [5.74, 6) is 1.82. The predicted molar refractivity (Wildman–Crippen MR) is 73.6 cm³/mol. The van der Waals surface area contributed by atoms with Gasteiger partial charge >= 0.3 is 0 Å². The molecule has 1 aromatic rings. The van der Waals surface area contributed by atoms with E-state index in [2.05, 4.69) is 20.9 Å². The van der Waals surface area contributed by atoms with Crippen LogP contribution in [0.4, 0.5) is 0 Å². The van der Waals surface area contributed by atoms with Crippen molar-refractivity contribution < 1.29 is 4.74 Å². The van der Waals surface area contributed by atoms with Gasteiger partial charge in [0, 0.05) is 16.2 Å². The van der Waals surface area contributed by atoms with E-state index in [-0.39, 0.29) is 0 Å². The fourth-order valence-corrected chi connectivity index (χ4v) is 2.82. The van der Waals surface area contributed by atoms with Crippen molar-refractivity contribution in [2.45, 2.75) is 38.0 Å². The van der Waals surface area contributed by atoms with E-state index < -0.39 is 0 Å². The third kappa shape index (κ3) is 3.85. The van der Waals surface area contributed by atoms with Gasteiger partial charge in [0.15, 0.2) is 0 Å². The zero-order chi connectivity index (χ0) is 12.1. The fraction of sp³-hybridized carbons (Fsp3) is 0.615. The van der Waals surface area contributed by atoms with Gasteiger partial charge in [-0.1, -0.05) is 19.3 Å². The number of alkyl halides is 1. The maximum absolute atomic E-state index is 5.88. The van der Waals surface area contributed by atoms with Crippen molar-refractivity contribution in [3.8, 4) is 5.88 Å². The Kier molecular flexibility index (Phi) is 5.11. The van der Waals surface area contributed by atoms with Crippen LogP contribution in [0.1, 0.15) is 37.7 Å². The Morgan fingerprint density at radius 3 is 2.82 bits per heavy atom. The number of pyridine rings is 1. The first-order chi connectivity index (χ1) is 8.29. The highest BCUT2D eigenvalue weighted by molar-refractivity contribution is 9.10. The number of halogens is 2. The van der Waals surface area contributed by atoms with Crippen molar-refractivity contribution >= 4 is 27.5 Å². The van der Waals surface area contributed by atoms with Crippen LogP contribution in [0, 0.1) is 5.92 Å². The summed E-state index contributed by atoms with van der Waals surface area (Å²) in [5.41, 5.74) is 0.955. The van der Waals surface area contributed by atoms with Gasteiger partial charge in [0.1, 0.15) is 0 Å². The van der Waals surface area contributed by atoms with Crippen molar-refractivity contribution in [1.29, 1.82) is 0 Å². The minimum absolute atomic E-state index is 0.437. The molecule has 0 unspecified atom stereocenters. The van der Waals surface area contributed by atoms with Crippen LogP contribution in [-0.4, -0.2) is 11.6 Å². The van der Waals surface area contributed by atoms with Gasteiger partial charge < -0.3 is 4.74 Å². The molecular weight excluding hydrogens is 302 g/mol. The highest BCUT2D eigenvalue weighted by Crippen LogP contribution is 2.26. The molecular formula is C13H17BrClNO. The summed E-state index contributed by atoms with van der Waals surface area (Å²) in [6.45, 7) is 0.776. The summed E-state index contributed by atoms with van der Waals surface area (Å²) in [5, 5.41) is 0. The topological polar surface area (TPSA) is 22.1 Å². The summed E-state index contributed by atoms with van der Waals surface area (Å²) in [6.07, 6.45) is 8.38. The molecule has 1 heterocycles. The van der Waals surface area contributed by atoms with E-state index >= 15 is 0 Å². The van der Waals surface area contributed by atoms with Crippen LogP contribution >= 0.6 is 27.5 Å². The average molecular weight is 319 g/mol. The van der Waals surface area contributed by atoms with E-state index in [1.54, 1.807) is 6.20 Å². The number of rotatable bonds is 4. The van der Waals surface area contributed by atoms with E-state index in [0.717, 1.165) is 16.6 Å². The number of ether oxygens (including phenoxy) is 1. The van der Waals surface area contributed by atoms with Crippen LogP contribution in [0.2, 0.25) is 0 Å². The minimum atomic E-state index is 0.437. The van der Waals surface area contributed by atoms with Gasteiger partial charge in [-0.3, -0.25) is 0 Å². The molecule has 0 N–H and O–H groups in total. The van der Waals surface area contributed by atoms with Gasteiger partial charge in [0.25, 0.3) is 0 Å². The second kappa shape index (κ2) is 6.60. The van der Waals surface area contributed by atoms with Crippen LogP contribution in [0.15, 0.2) is 16.7 Å². The summed E-state index contributed by atoms with van der Waals surface area (Å²) >= 11 is 9.27. The normalized spacial score (nSPS) is 17.1. The molecule has 0 radical (unpaired) electrons. The molecule has 2 rings (SSSR count). The predicted octanol–water partition coefficient (Wildman–Crippen LogP) is 4.54. The molecule has 1 fully saturated rings. The molecule has 0 bridgehead atoms. The van der Waals surface area contributed by atoms with Crippen molar-refractivity contribution in [2.75, 3.05) is 6.61 Å². The monoisotopic (exact) mass is 317 g/mol. The number of aromatic nitrogens is 1. The molecule has 4 heteroatoms. The molecule has 17 heavy (non-hydrogen) atoms. The minimum Gasteiger partial charge on any atom is -0.477 e. The standard InChI is InChI=1S/C13H17BrClNO/c14-12-6-11(7-15)13(16-8-12)17-9-10-4-2-1-3-5-10/h6,8,10H,1-5,7,9H2. The number of nitrogens with zero attached hydrogens (tertiary/aromatic N) is 1. The Morgan fingerprint density at radius 1 is 1.35 bits per heavy atom. The van der Waals surface area contributed by atoms with E-state index in [4.69, 9.17) is 16.3 Å². The highest BCUT2D eigenvalue weighted by atomic mass is 79.9. The molecule has 0 saturated heterocycles. The maximum atomic E-state index is 5.88. The van der Waals surface area contributed by atoms with Gasteiger partial charge in [-0.05, 0) is 40.8 Å². The summed E-state index contributed by atoms with van der Waals surface area (Å²) in [4.78, 5) is 4.28. The third-order valence-electron chi connectivity index (χ3n) is 3.22. The molecule has 1 aliphatic carbocycles. The zero-order valence-corrected chi connectivity index (χ0v) is 12.1. The van der Waals surface area contributed by atoms with Crippen molar-refractivity contribution in [2.24, 2.45) is 5.92 Å². The number of hydrogen-bond donors (Lipinski definition) is 0. The fourth-order valence-electron chi connectivity index (χ4n) is 2.24. The zero-order valence-electron chi connectivity index (χ0n) is 9.79. The van der Waals surface area contributed by atoms with Crippen LogP contribution in [0.5, 0.6) is 5.88 Å². The van der Waals surface area contributed by atoms with Crippen LogP contribution < -0.4 is 4.74 Å². The maximum Gasteiger partial charge on any atom is 0.217 e. The smallest absolute Gasteiger partial charge is 0.217 e. The molecule has 1 aliphatic rings. The summed E-state index contributed by atoms with van der Waals surface area (Å²) < 4.78 is 6.75. The highest BCUT2D eigenvalue weighted by Gasteiger charge is 2.15. The van der Waals surface area contributed by atoms with Gasteiger partial charge in [0.2, 0.25) is 5.88 Å². The SMILES string of the molecule is ClCc1cc(Br)cnc1OCC1CCCCC1. The lowest BCUT2D eigenvalue weighted by molar-refractivity contribution is 0.201. The van der Waals surface area contributed by atoms with Gasteiger partial charge in [-0.15, -0.1) is 11.6 Å². The van der Waals surface area contributed by atoms with Gasteiger partial charge in [-0.25, -0.2) is 4.98 Å². The van der Waals surface area contributed by atoms with Gasteiger partial charge in [-0.2, -0.15) is 0 Å². The van der Waals surface area contributed by atoms with E-state index in [1.165, 1.54) is 32.1 Å². The molecule has 0 atom stereocenters. The molecule has 0 aromatic carbocycles. The molecule has 94 valence electrons. The lowest BCUT2D eigenvalue weighted by Gasteiger charge is -2.21. The van der Waals surface area contributed by atoms with Crippen molar-refractivity contribution in [1.82, 2.24) is 4.98 Å². The average Bonchev–Trinajstić information content (AvgIpc) is 2.38.